The Labute approximate surface area is 155 Å². The molecule has 1 N–H and O–H groups in total. The Morgan fingerprint density at radius 3 is 2.69 bits per heavy atom. The number of ether oxygens (including phenoxy) is 2. The van der Waals surface area contributed by atoms with Gasteiger partial charge >= 0.3 is 5.97 Å². The zero-order valence-electron chi connectivity index (χ0n) is 14.2. The second-order valence-electron chi connectivity index (χ2n) is 5.64. The van der Waals surface area contributed by atoms with Crippen molar-refractivity contribution in [2.45, 2.75) is 0 Å². The molecular weight excluding hydrogens is 358 g/mol. The maximum Gasteiger partial charge on any atom is 0.337 e. The van der Waals surface area contributed by atoms with Crippen LogP contribution in [0.3, 0.4) is 0 Å². The Morgan fingerprint density at radius 2 is 1.96 bits per heavy atom. The summed E-state index contributed by atoms with van der Waals surface area (Å²) in [6, 6.07) is 7.90. The minimum Gasteiger partial charge on any atom is -0.465 e. The van der Waals surface area contributed by atoms with Crippen molar-refractivity contribution in [1.82, 2.24) is 4.98 Å². The maximum atomic E-state index is 12.6. The fourth-order valence-corrected chi connectivity index (χ4v) is 2.75. The summed E-state index contributed by atoms with van der Waals surface area (Å²) < 4.78 is 10.0. The smallest absolute Gasteiger partial charge is 0.337 e. The number of esters is 1. The number of hydrogen-bond acceptors (Lipinski definition) is 6. The predicted molar refractivity (Wildman–Crippen MR) is 98.0 cm³/mol. The number of pyridine rings is 1. The van der Waals surface area contributed by atoms with Gasteiger partial charge < -0.3 is 19.7 Å². The number of amides is 1. The highest BCUT2D eigenvalue weighted by Crippen LogP contribution is 2.24. The van der Waals surface area contributed by atoms with E-state index in [0.29, 0.717) is 35.1 Å². The van der Waals surface area contributed by atoms with Gasteiger partial charge in [-0.2, -0.15) is 0 Å². The lowest BCUT2D eigenvalue weighted by Crippen LogP contribution is -2.36. The van der Waals surface area contributed by atoms with Crippen LogP contribution in [0.4, 0.5) is 11.5 Å². The molecule has 8 heteroatoms. The number of hydrogen-bond donors (Lipinski definition) is 1. The van der Waals surface area contributed by atoms with Gasteiger partial charge in [-0.3, -0.25) is 4.79 Å². The van der Waals surface area contributed by atoms with Gasteiger partial charge in [0.25, 0.3) is 5.91 Å². The largest absolute Gasteiger partial charge is 0.465 e. The number of morpholine rings is 1. The predicted octanol–water partition coefficient (Wildman–Crippen LogP) is 2.61. The number of rotatable bonds is 4. The standard InChI is InChI=1S/C18H18ClN3O4/c1-25-18(24)13-2-3-14(19)15(10-13)21-17(23)12-4-5-20-16(11-12)22-6-8-26-9-7-22/h2-5,10-11H,6-9H2,1H3,(H,21,23). The monoisotopic (exact) mass is 375 g/mol. The molecular formula is C18H18ClN3O4. The molecule has 0 radical (unpaired) electrons. The number of aromatic nitrogens is 1. The third-order valence-electron chi connectivity index (χ3n) is 3.98. The van der Waals surface area contributed by atoms with Crippen molar-refractivity contribution >= 4 is 35.0 Å². The fraction of sp³-hybridized carbons (Fsp3) is 0.278. The van der Waals surface area contributed by atoms with E-state index in [1.165, 1.54) is 25.3 Å². The van der Waals surface area contributed by atoms with Crippen molar-refractivity contribution in [2.24, 2.45) is 0 Å². The Morgan fingerprint density at radius 1 is 1.19 bits per heavy atom. The lowest BCUT2D eigenvalue weighted by molar-refractivity contribution is 0.0600. The maximum absolute atomic E-state index is 12.6. The molecule has 136 valence electrons. The van der Waals surface area contributed by atoms with Gasteiger partial charge in [0.15, 0.2) is 0 Å². The second kappa shape index (κ2) is 8.16. The van der Waals surface area contributed by atoms with Crippen LogP contribution < -0.4 is 10.2 Å². The number of benzene rings is 1. The number of nitrogens with zero attached hydrogens (tertiary/aromatic N) is 2. The molecule has 1 amide bonds. The molecule has 1 aliphatic heterocycles. The quantitative estimate of drug-likeness (QED) is 0.827. The van der Waals surface area contributed by atoms with Crippen molar-refractivity contribution in [1.29, 1.82) is 0 Å². The molecule has 1 fully saturated rings. The third-order valence-corrected chi connectivity index (χ3v) is 4.31. The summed E-state index contributed by atoms with van der Waals surface area (Å²) in [6.07, 6.45) is 1.59. The van der Waals surface area contributed by atoms with Crippen molar-refractivity contribution in [3.63, 3.8) is 0 Å². The van der Waals surface area contributed by atoms with Gasteiger partial charge in [0.1, 0.15) is 5.82 Å². The molecule has 2 aromatic rings. The zero-order valence-corrected chi connectivity index (χ0v) is 15.0. The molecule has 1 aliphatic rings. The van der Waals surface area contributed by atoms with Gasteiger partial charge in [-0.25, -0.2) is 9.78 Å². The summed E-state index contributed by atoms with van der Waals surface area (Å²) in [5, 5.41) is 3.05. The van der Waals surface area contributed by atoms with Crippen LogP contribution in [0.5, 0.6) is 0 Å². The Kier molecular flexibility index (Phi) is 5.70. The van der Waals surface area contributed by atoms with Gasteiger partial charge in [-0.05, 0) is 30.3 Å². The van der Waals surface area contributed by atoms with Crippen LogP contribution in [-0.4, -0.2) is 50.3 Å². The van der Waals surface area contributed by atoms with Gasteiger partial charge in [0, 0.05) is 24.8 Å². The van der Waals surface area contributed by atoms with Crippen LogP contribution in [0.2, 0.25) is 5.02 Å². The normalized spacial score (nSPS) is 14.0. The van der Waals surface area contributed by atoms with Crippen LogP contribution in [0.25, 0.3) is 0 Å². The summed E-state index contributed by atoms with van der Waals surface area (Å²) in [4.78, 5) is 30.6. The Bertz CT molecular complexity index is 822. The zero-order chi connectivity index (χ0) is 18.5. The minimum atomic E-state index is -0.504. The lowest BCUT2D eigenvalue weighted by Gasteiger charge is -2.27. The first-order chi connectivity index (χ1) is 12.6. The van der Waals surface area contributed by atoms with Gasteiger partial charge in [0.05, 0.1) is 36.6 Å². The average molecular weight is 376 g/mol. The summed E-state index contributed by atoms with van der Waals surface area (Å²) in [5.41, 5.74) is 1.08. The van der Waals surface area contributed by atoms with E-state index >= 15 is 0 Å². The Balaban J connectivity index is 1.79. The topological polar surface area (TPSA) is 80.8 Å². The van der Waals surface area contributed by atoms with Crippen LogP contribution in [0.15, 0.2) is 36.5 Å². The average Bonchev–Trinajstić information content (AvgIpc) is 2.69. The number of methoxy groups -OCH3 is 1. The molecule has 3 rings (SSSR count). The fourth-order valence-electron chi connectivity index (χ4n) is 2.59. The van der Waals surface area contributed by atoms with Crippen molar-refractivity contribution < 1.29 is 19.1 Å². The highest BCUT2D eigenvalue weighted by Gasteiger charge is 2.16. The molecule has 0 saturated carbocycles. The van der Waals surface area contributed by atoms with Crippen LogP contribution in [-0.2, 0) is 9.47 Å². The van der Waals surface area contributed by atoms with E-state index in [-0.39, 0.29) is 5.91 Å². The molecule has 0 spiro atoms. The molecule has 0 atom stereocenters. The number of halogens is 1. The molecule has 0 bridgehead atoms. The van der Waals surface area contributed by atoms with Crippen molar-refractivity contribution in [3.8, 4) is 0 Å². The van der Waals surface area contributed by atoms with Crippen LogP contribution >= 0.6 is 11.6 Å². The van der Waals surface area contributed by atoms with E-state index in [1.807, 2.05) is 0 Å². The highest BCUT2D eigenvalue weighted by atomic mass is 35.5. The molecule has 1 aromatic carbocycles. The molecule has 1 aromatic heterocycles. The summed E-state index contributed by atoms with van der Waals surface area (Å²) in [5.74, 6) is -0.128. The van der Waals surface area contributed by atoms with Gasteiger partial charge in [-0.15, -0.1) is 0 Å². The van der Waals surface area contributed by atoms with Crippen molar-refractivity contribution in [2.75, 3.05) is 43.6 Å². The molecule has 0 unspecified atom stereocenters. The number of carbonyl (C=O) groups excluding carboxylic acids is 2. The van der Waals surface area contributed by atoms with E-state index in [0.717, 1.165) is 18.9 Å². The molecule has 7 nitrogen and oxygen atoms in total. The molecule has 0 aliphatic carbocycles. The van der Waals surface area contributed by atoms with Crippen molar-refractivity contribution in [3.05, 3.63) is 52.7 Å². The van der Waals surface area contributed by atoms with E-state index in [9.17, 15) is 9.59 Å². The Hall–Kier alpha value is -2.64. The van der Waals surface area contributed by atoms with Gasteiger partial charge in [0.2, 0.25) is 0 Å². The van der Waals surface area contributed by atoms with E-state index in [2.05, 4.69) is 19.9 Å². The number of anilines is 2. The SMILES string of the molecule is COC(=O)c1ccc(Cl)c(NC(=O)c2ccnc(N3CCOCC3)c2)c1. The van der Waals surface area contributed by atoms with Crippen LogP contribution in [0, 0.1) is 0 Å². The van der Waals surface area contributed by atoms with Crippen LogP contribution in [0.1, 0.15) is 20.7 Å². The first kappa shape index (κ1) is 18.2. The second-order valence-corrected chi connectivity index (χ2v) is 6.05. The first-order valence-corrected chi connectivity index (χ1v) is 8.44. The van der Waals surface area contributed by atoms with E-state index < -0.39 is 5.97 Å². The minimum absolute atomic E-state index is 0.302. The summed E-state index contributed by atoms with van der Waals surface area (Å²) in [6.45, 7) is 2.72. The molecule has 2 heterocycles. The number of nitrogens with one attached hydrogen (secondary N) is 1. The van der Waals surface area contributed by atoms with E-state index in [4.69, 9.17) is 16.3 Å². The van der Waals surface area contributed by atoms with Gasteiger partial charge in [-0.1, -0.05) is 11.6 Å². The molecule has 1 saturated heterocycles. The molecule has 26 heavy (non-hydrogen) atoms. The number of carbonyl (C=O) groups is 2. The summed E-state index contributed by atoms with van der Waals surface area (Å²) in [7, 11) is 1.29. The summed E-state index contributed by atoms with van der Waals surface area (Å²) >= 11 is 6.13. The highest BCUT2D eigenvalue weighted by molar-refractivity contribution is 6.34. The van der Waals surface area contributed by atoms with E-state index in [1.54, 1.807) is 18.3 Å². The lowest BCUT2D eigenvalue weighted by atomic mass is 10.2. The third kappa shape index (κ3) is 4.12. The first-order valence-electron chi connectivity index (χ1n) is 8.06.